The van der Waals surface area contributed by atoms with Gasteiger partial charge in [-0.3, -0.25) is 33.8 Å². The van der Waals surface area contributed by atoms with Gasteiger partial charge in [-0.05, 0) is 32.9 Å². The average Bonchev–Trinajstić information content (AvgIpc) is 2.90. The first-order chi connectivity index (χ1) is 20.6. The fraction of sp³-hybridized carbons (Fsp3) is 0.500. The van der Waals surface area contributed by atoms with Gasteiger partial charge in [-0.15, -0.1) is 0 Å². The van der Waals surface area contributed by atoms with E-state index in [1.165, 1.54) is 19.2 Å². The number of benzene rings is 1. The van der Waals surface area contributed by atoms with E-state index in [9.17, 15) is 28.8 Å². The van der Waals surface area contributed by atoms with Gasteiger partial charge in [-0.1, -0.05) is 18.2 Å². The topological polar surface area (TPSA) is 180 Å². The van der Waals surface area contributed by atoms with Crippen LogP contribution in [0.2, 0.25) is 0 Å². The van der Waals surface area contributed by atoms with Gasteiger partial charge < -0.3 is 34.5 Å². The molecule has 1 saturated heterocycles. The third kappa shape index (κ3) is 8.96. The zero-order valence-electron chi connectivity index (χ0n) is 25.7. The molecule has 2 N–H and O–H groups in total. The number of aromatic nitrogens is 1. The molecule has 0 saturated carbocycles. The molecule has 1 aromatic carbocycles. The number of hydrogen-bond donors (Lipinski definition) is 2. The maximum Gasteiger partial charge on any atom is 0.303 e. The fourth-order valence-electron chi connectivity index (χ4n) is 4.90. The van der Waals surface area contributed by atoms with Gasteiger partial charge in [0.25, 0.3) is 5.91 Å². The Bertz CT molecular complexity index is 1420. The molecule has 1 aliphatic heterocycles. The lowest BCUT2D eigenvalue weighted by molar-refractivity contribution is -0.241. The summed E-state index contributed by atoms with van der Waals surface area (Å²) in [5.41, 5.74) is -0.200. The number of amides is 3. The first-order valence-corrected chi connectivity index (χ1v) is 13.9. The van der Waals surface area contributed by atoms with E-state index in [-0.39, 0.29) is 5.56 Å². The molecule has 0 spiro atoms. The van der Waals surface area contributed by atoms with E-state index in [1.807, 2.05) is 0 Å². The molecule has 3 rings (SSSR count). The molecule has 0 unspecified atom stereocenters. The SMILES string of the molecule is CC(=O)N[C@@H]1[C@@H](OC(C)=O)[C@@H](OC(C)=O)[C@@H](COC(C)=O)O[C@H]1N(CC(=O)NC(C)(C)C)C(=O)c1cccc2cccnc12. The van der Waals surface area contributed by atoms with Crippen LogP contribution in [0.1, 0.15) is 58.8 Å². The van der Waals surface area contributed by atoms with Gasteiger partial charge >= 0.3 is 17.9 Å². The normalized spacial score (nSPS) is 21.5. The molecule has 1 aliphatic rings. The van der Waals surface area contributed by atoms with Gasteiger partial charge in [0.2, 0.25) is 11.8 Å². The van der Waals surface area contributed by atoms with Crippen LogP contribution in [0.3, 0.4) is 0 Å². The maximum atomic E-state index is 14.4. The van der Waals surface area contributed by atoms with Crippen molar-refractivity contribution >= 4 is 46.5 Å². The lowest BCUT2D eigenvalue weighted by Gasteiger charge is -2.48. The number of esters is 3. The number of nitrogens with zero attached hydrogens (tertiary/aromatic N) is 2. The van der Waals surface area contributed by atoms with Gasteiger partial charge in [0, 0.05) is 44.8 Å². The van der Waals surface area contributed by atoms with Crippen LogP contribution in [0.25, 0.3) is 10.9 Å². The smallest absolute Gasteiger partial charge is 0.303 e. The standard InChI is InChI=1S/C30H38N4O10/c1-16(35)32-25-27(43-19(4)38)26(42-18(3)37)22(15-41-17(2)36)44-29(25)34(14-23(39)33-30(5,6)7)28(40)21-12-8-10-20-11-9-13-31-24(20)21/h8-13,22,25-27,29H,14-15H2,1-7H3,(H,32,35)(H,33,39)/t22-,25-,26+,27-,29-/m1/s1. The lowest BCUT2D eigenvalue weighted by atomic mass is 9.93. The van der Waals surface area contributed by atoms with E-state index in [1.54, 1.807) is 45.0 Å². The van der Waals surface area contributed by atoms with Crippen LogP contribution in [0.15, 0.2) is 36.5 Å². The van der Waals surface area contributed by atoms with Crippen molar-refractivity contribution in [2.75, 3.05) is 13.2 Å². The van der Waals surface area contributed by atoms with E-state index in [0.717, 1.165) is 25.7 Å². The van der Waals surface area contributed by atoms with Crippen molar-refractivity contribution in [1.82, 2.24) is 20.5 Å². The number of rotatable bonds is 9. The predicted molar refractivity (Wildman–Crippen MR) is 155 cm³/mol. The van der Waals surface area contributed by atoms with E-state index >= 15 is 0 Å². The summed E-state index contributed by atoms with van der Waals surface area (Å²) in [6.07, 6.45) is -4.06. The molecule has 5 atom stereocenters. The molecule has 0 aliphatic carbocycles. The van der Waals surface area contributed by atoms with Crippen LogP contribution in [0.4, 0.5) is 0 Å². The first kappa shape index (κ1) is 33.9. The Morgan fingerprint density at radius 2 is 1.55 bits per heavy atom. The van der Waals surface area contributed by atoms with Crippen LogP contribution in [-0.4, -0.2) is 94.8 Å². The molecule has 14 nitrogen and oxygen atoms in total. The largest absolute Gasteiger partial charge is 0.463 e. The van der Waals surface area contributed by atoms with Crippen LogP contribution in [-0.2, 0) is 42.9 Å². The minimum absolute atomic E-state index is 0.125. The first-order valence-electron chi connectivity index (χ1n) is 13.9. The number of carbonyl (C=O) groups is 6. The molecule has 1 fully saturated rings. The van der Waals surface area contributed by atoms with Crippen molar-refractivity contribution in [3.63, 3.8) is 0 Å². The van der Waals surface area contributed by atoms with Crippen molar-refractivity contribution in [2.24, 2.45) is 0 Å². The lowest BCUT2D eigenvalue weighted by Crippen LogP contribution is -2.70. The second-order valence-corrected chi connectivity index (χ2v) is 11.4. The van der Waals surface area contributed by atoms with Gasteiger partial charge in [-0.2, -0.15) is 0 Å². The Hall–Kier alpha value is -4.59. The number of carbonyl (C=O) groups excluding carboxylic acids is 6. The monoisotopic (exact) mass is 614 g/mol. The summed E-state index contributed by atoms with van der Waals surface area (Å²) in [6.45, 7) is 8.84. The molecule has 14 heteroatoms. The number of para-hydroxylation sites is 1. The average molecular weight is 615 g/mol. The summed E-state index contributed by atoms with van der Waals surface area (Å²) in [5.74, 6) is -4.11. The Kier molecular flexibility index (Phi) is 11.0. The van der Waals surface area contributed by atoms with Crippen molar-refractivity contribution in [2.45, 2.75) is 84.6 Å². The van der Waals surface area contributed by atoms with Crippen molar-refractivity contribution in [3.05, 3.63) is 42.1 Å². The van der Waals surface area contributed by atoms with Gasteiger partial charge in [0.15, 0.2) is 18.4 Å². The quantitative estimate of drug-likeness (QED) is 0.307. The summed E-state index contributed by atoms with van der Waals surface area (Å²) < 4.78 is 22.5. The summed E-state index contributed by atoms with van der Waals surface area (Å²) in [7, 11) is 0. The van der Waals surface area contributed by atoms with E-state index in [2.05, 4.69) is 15.6 Å². The number of hydrogen-bond acceptors (Lipinski definition) is 11. The van der Waals surface area contributed by atoms with Gasteiger partial charge in [-0.25, -0.2) is 0 Å². The van der Waals surface area contributed by atoms with E-state index < -0.39 is 84.9 Å². The van der Waals surface area contributed by atoms with E-state index in [0.29, 0.717) is 10.9 Å². The van der Waals surface area contributed by atoms with Crippen molar-refractivity contribution in [3.8, 4) is 0 Å². The van der Waals surface area contributed by atoms with Crippen LogP contribution < -0.4 is 10.6 Å². The molecular weight excluding hydrogens is 576 g/mol. The summed E-state index contributed by atoms with van der Waals surface area (Å²) >= 11 is 0. The Morgan fingerprint density at radius 1 is 0.909 bits per heavy atom. The third-order valence-corrected chi connectivity index (χ3v) is 6.35. The minimum atomic E-state index is -1.49. The van der Waals surface area contributed by atoms with Crippen LogP contribution >= 0.6 is 0 Å². The van der Waals surface area contributed by atoms with Crippen LogP contribution in [0.5, 0.6) is 0 Å². The zero-order chi connectivity index (χ0) is 32.8. The Balaban J connectivity index is 2.22. The summed E-state index contributed by atoms with van der Waals surface area (Å²) in [6, 6.07) is 7.08. The zero-order valence-corrected chi connectivity index (χ0v) is 25.7. The number of ether oxygens (including phenoxy) is 4. The third-order valence-electron chi connectivity index (χ3n) is 6.35. The summed E-state index contributed by atoms with van der Waals surface area (Å²) in [4.78, 5) is 81.8. The maximum absolute atomic E-state index is 14.4. The molecule has 0 radical (unpaired) electrons. The predicted octanol–water partition coefficient (Wildman–Crippen LogP) is 1.25. The fourth-order valence-corrected chi connectivity index (χ4v) is 4.90. The minimum Gasteiger partial charge on any atom is -0.463 e. The van der Waals surface area contributed by atoms with Crippen molar-refractivity contribution < 1.29 is 47.7 Å². The Morgan fingerprint density at radius 3 is 2.14 bits per heavy atom. The molecule has 1 aromatic heterocycles. The molecule has 2 heterocycles. The highest BCUT2D eigenvalue weighted by Crippen LogP contribution is 2.31. The van der Waals surface area contributed by atoms with Crippen molar-refractivity contribution in [1.29, 1.82) is 0 Å². The molecule has 238 valence electrons. The number of fused-ring (bicyclic) bond motifs is 1. The second kappa shape index (κ2) is 14.3. The molecule has 0 bridgehead atoms. The highest BCUT2D eigenvalue weighted by Gasteiger charge is 2.53. The molecule has 44 heavy (non-hydrogen) atoms. The highest BCUT2D eigenvalue weighted by atomic mass is 16.6. The second-order valence-electron chi connectivity index (χ2n) is 11.4. The number of nitrogens with one attached hydrogen (secondary N) is 2. The Labute approximate surface area is 254 Å². The number of pyridine rings is 1. The molecule has 3 amide bonds. The summed E-state index contributed by atoms with van der Waals surface area (Å²) in [5, 5.41) is 6.10. The highest BCUT2D eigenvalue weighted by molar-refractivity contribution is 6.06. The van der Waals surface area contributed by atoms with Crippen LogP contribution in [0, 0.1) is 0 Å². The molecule has 2 aromatic rings. The van der Waals surface area contributed by atoms with Gasteiger partial charge in [0.05, 0.1) is 11.1 Å². The molecular formula is C30H38N4O10. The van der Waals surface area contributed by atoms with E-state index in [4.69, 9.17) is 18.9 Å². The van der Waals surface area contributed by atoms with Gasteiger partial charge in [0.1, 0.15) is 25.3 Å².